The number of nitrogens with one attached hydrogen (secondary N) is 1. The Kier molecular flexibility index (Phi) is 4.48. The van der Waals surface area contributed by atoms with E-state index in [4.69, 9.17) is 5.11 Å². The van der Waals surface area contributed by atoms with Crippen molar-refractivity contribution in [1.29, 1.82) is 0 Å². The van der Waals surface area contributed by atoms with E-state index in [0.717, 1.165) is 23.4 Å². The van der Waals surface area contributed by atoms with Crippen molar-refractivity contribution in [2.24, 2.45) is 17.8 Å². The number of rotatable bonds is 5. The van der Waals surface area contributed by atoms with Crippen LogP contribution in [0.2, 0.25) is 0 Å². The Morgan fingerprint density at radius 1 is 1.12 bits per heavy atom. The first-order chi connectivity index (χ1) is 12.1. The summed E-state index contributed by atoms with van der Waals surface area (Å²) in [7, 11) is 0. The molecule has 0 aliphatic heterocycles. The van der Waals surface area contributed by atoms with Gasteiger partial charge in [0, 0.05) is 18.8 Å². The van der Waals surface area contributed by atoms with E-state index in [2.05, 4.69) is 29.6 Å². The number of aliphatic hydroxyl groups excluding tert-OH is 1. The van der Waals surface area contributed by atoms with Crippen LogP contribution in [0.4, 0.5) is 10.5 Å². The van der Waals surface area contributed by atoms with Gasteiger partial charge in [-0.25, -0.2) is 4.79 Å². The number of aliphatic hydroxyl groups is 1. The van der Waals surface area contributed by atoms with E-state index < -0.39 is 0 Å². The monoisotopic (exact) mass is 342 g/mol. The number of urea groups is 1. The van der Waals surface area contributed by atoms with Gasteiger partial charge in [-0.05, 0) is 86.3 Å². The minimum Gasteiger partial charge on any atom is -0.395 e. The molecular formula is C21H30N2O2. The summed E-state index contributed by atoms with van der Waals surface area (Å²) in [6.07, 6.45) is 8.49. The molecule has 2 amide bonds. The minimum atomic E-state index is -0.140. The van der Waals surface area contributed by atoms with E-state index in [1.54, 1.807) is 4.90 Å². The molecular weight excluding hydrogens is 312 g/mol. The molecule has 4 aliphatic rings. The lowest BCUT2D eigenvalue weighted by Gasteiger charge is -2.57. The molecule has 25 heavy (non-hydrogen) atoms. The molecule has 0 saturated heterocycles. The van der Waals surface area contributed by atoms with Gasteiger partial charge in [-0.15, -0.1) is 0 Å². The fraction of sp³-hybridized carbons (Fsp3) is 0.667. The number of carbonyl (C=O) groups is 1. The third-order valence-electron chi connectivity index (χ3n) is 6.83. The Bertz CT molecular complexity index is 590. The second-order valence-electron chi connectivity index (χ2n) is 8.51. The van der Waals surface area contributed by atoms with Crippen LogP contribution in [0, 0.1) is 17.8 Å². The van der Waals surface area contributed by atoms with Crippen molar-refractivity contribution in [2.75, 3.05) is 25.0 Å². The number of nitrogens with zero attached hydrogens (tertiary/aromatic N) is 1. The lowest BCUT2D eigenvalue weighted by atomic mass is 9.48. The van der Waals surface area contributed by atoms with E-state index in [1.807, 2.05) is 6.92 Å². The Hall–Kier alpha value is -1.55. The van der Waals surface area contributed by atoms with E-state index in [9.17, 15) is 4.79 Å². The molecule has 2 N–H and O–H groups in total. The van der Waals surface area contributed by atoms with E-state index in [1.165, 1.54) is 44.1 Å². The van der Waals surface area contributed by atoms with Crippen LogP contribution in [-0.2, 0) is 5.41 Å². The lowest BCUT2D eigenvalue weighted by Crippen LogP contribution is -2.48. The van der Waals surface area contributed by atoms with Gasteiger partial charge in [0.15, 0.2) is 0 Å². The van der Waals surface area contributed by atoms with Crippen molar-refractivity contribution < 1.29 is 9.90 Å². The molecule has 1 aromatic rings. The van der Waals surface area contributed by atoms with Gasteiger partial charge in [0.25, 0.3) is 0 Å². The zero-order chi connectivity index (χ0) is 17.4. The Labute approximate surface area is 150 Å². The first-order valence-corrected chi connectivity index (χ1v) is 9.89. The number of hydrogen-bond acceptors (Lipinski definition) is 2. The number of likely N-dealkylation sites (N-methyl/N-ethyl adjacent to an activating group) is 1. The highest BCUT2D eigenvalue weighted by molar-refractivity contribution is 5.89. The maximum Gasteiger partial charge on any atom is 0.321 e. The van der Waals surface area contributed by atoms with Crippen LogP contribution in [0.25, 0.3) is 0 Å². The van der Waals surface area contributed by atoms with Crippen molar-refractivity contribution in [3.05, 3.63) is 29.8 Å². The quantitative estimate of drug-likeness (QED) is 0.850. The van der Waals surface area contributed by atoms with Gasteiger partial charge in [-0.2, -0.15) is 0 Å². The first kappa shape index (κ1) is 16.9. The van der Waals surface area contributed by atoms with E-state index in [-0.39, 0.29) is 12.6 Å². The minimum absolute atomic E-state index is 0.00772. The fourth-order valence-electron chi connectivity index (χ4n) is 6.10. The summed E-state index contributed by atoms with van der Waals surface area (Å²) in [6, 6.07) is 8.45. The number of benzene rings is 1. The molecule has 4 fully saturated rings. The van der Waals surface area contributed by atoms with Crippen LogP contribution in [0.1, 0.15) is 51.0 Å². The summed E-state index contributed by atoms with van der Waals surface area (Å²) >= 11 is 0. The molecule has 4 bridgehead atoms. The highest BCUT2D eigenvalue weighted by Crippen LogP contribution is 2.60. The van der Waals surface area contributed by atoms with Gasteiger partial charge in [0.2, 0.25) is 0 Å². The topological polar surface area (TPSA) is 52.6 Å². The summed E-state index contributed by atoms with van der Waals surface area (Å²) in [6.45, 7) is 2.88. The van der Waals surface area contributed by atoms with Gasteiger partial charge in [-0.3, -0.25) is 0 Å². The van der Waals surface area contributed by atoms with Crippen molar-refractivity contribution in [3.63, 3.8) is 0 Å². The average molecular weight is 342 g/mol. The van der Waals surface area contributed by atoms with Gasteiger partial charge in [0.05, 0.1) is 6.61 Å². The van der Waals surface area contributed by atoms with Gasteiger partial charge >= 0.3 is 6.03 Å². The second-order valence-corrected chi connectivity index (χ2v) is 8.51. The Balaban J connectivity index is 1.46. The zero-order valence-corrected chi connectivity index (χ0v) is 15.2. The number of carbonyl (C=O) groups excluding carboxylic acids is 1. The van der Waals surface area contributed by atoms with Gasteiger partial charge in [0.1, 0.15) is 0 Å². The average Bonchev–Trinajstić information content (AvgIpc) is 2.59. The molecule has 0 atom stereocenters. The zero-order valence-electron chi connectivity index (χ0n) is 15.2. The highest BCUT2D eigenvalue weighted by atomic mass is 16.3. The van der Waals surface area contributed by atoms with Gasteiger partial charge < -0.3 is 15.3 Å². The predicted octanol–water partition coefficient (Wildman–Crippen LogP) is 4.00. The maximum atomic E-state index is 12.2. The summed E-state index contributed by atoms with van der Waals surface area (Å²) < 4.78 is 0. The summed E-state index contributed by atoms with van der Waals surface area (Å²) in [4.78, 5) is 13.9. The van der Waals surface area contributed by atoms with Crippen LogP contribution < -0.4 is 5.32 Å². The van der Waals surface area contributed by atoms with Crippen molar-refractivity contribution in [2.45, 2.75) is 50.9 Å². The van der Waals surface area contributed by atoms with Gasteiger partial charge in [-0.1, -0.05) is 12.1 Å². The molecule has 0 radical (unpaired) electrons. The van der Waals surface area contributed by atoms with E-state index >= 15 is 0 Å². The molecule has 1 aromatic carbocycles. The fourth-order valence-corrected chi connectivity index (χ4v) is 6.10. The molecule has 4 aliphatic carbocycles. The first-order valence-electron chi connectivity index (χ1n) is 9.89. The lowest BCUT2D eigenvalue weighted by molar-refractivity contribution is -0.00518. The molecule has 0 unspecified atom stereocenters. The van der Waals surface area contributed by atoms with Crippen molar-refractivity contribution in [1.82, 2.24) is 4.90 Å². The number of amides is 2. The Morgan fingerprint density at radius 2 is 1.68 bits per heavy atom. The van der Waals surface area contributed by atoms with Crippen LogP contribution in [0.15, 0.2) is 24.3 Å². The Morgan fingerprint density at radius 3 is 2.16 bits per heavy atom. The largest absolute Gasteiger partial charge is 0.395 e. The van der Waals surface area contributed by atoms with Crippen LogP contribution >= 0.6 is 0 Å². The SMILES string of the molecule is CCN(CCO)C(=O)Nc1ccc(C23CC4CC(CC(C4)C2)C3)cc1. The summed E-state index contributed by atoms with van der Waals surface area (Å²) in [5, 5.41) is 12.0. The van der Waals surface area contributed by atoms with Crippen LogP contribution in [-0.4, -0.2) is 35.7 Å². The predicted molar refractivity (Wildman–Crippen MR) is 99.6 cm³/mol. The van der Waals surface area contributed by atoms with Crippen molar-refractivity contribution >= 4 is 11.7 Å². The highest BCUT2D eigenvalue weighted by Gasteiger charge is 2.51. The third-order valence-corrected chi connectivity index (χ3v) is 6.83. The molecule has 0 heterocycles. The second kappa shape index (κ2) is 6.64. The molecule has 5 rings (SSSR count). The van der Waals surface area contributed by atoms with E-state index in [0.29, 0.717) is 18.5 Å². The van der Waals surface area contributed by atoms with Crippen LogP contribution in [0.5, 0.6) is 0 Å². The normalized spacial score (nSPS) is 32.6. The summed E-state index contributed by atoms with van der Waals surface area (Å²) in [5.74, 6) is 2.84. The van der Waals surface area contributed by atoms with Crippen LogP contribution in [0.3, 0.4) is 0 Å². The summed E-state index contributed by atoms with van der Waals surface area (Å²) in [5.41, 5.74) is 2.73. The molecule has 0 aromatic heterocycles. The number of anilines is 1. The molecule has 4 heteroatoms. The molecule has 4 saturated carbocycles. The third kappa shape index (κ3) is 3.17. The molecule has 136 valence electrons. The maximum absolute atomic E-state index is 12.2. The molecule has 0 spiro atoms. The smallest absolute Gasteiger partial charge is 0.321 e. The van der Waals surface area contributed by atoms with Crippen molar-refractivity contribution in [3.8, 4) is 0 Å². The standard InChI is InChI=1S/C21H30N2O2/c1-2-23(7-8-24)20(25)22-19-5-3-18(4-6-19)21-12-15-9-16(13-21)11-17(10-15)14-21/h3-6,15-17,24H,2,7-14H2,1H3,(H,22,25). The number of hydrogen-bond donors (Lipinski definition) is 2. The molecule has 4 nitrogen and oxygen atoms in total.